The Kier molecular flexibility index (Phi) is 8.22. The topological polar surface area (TPSA) is 15.6 Å². The second-order valence-corrected chi connectivity index (χ2v) is 3.77. The third-order valence-electron chi connectivity index (χ3n) is 2.45. The second kappa shape index (κ2) is 8.96. The zero-order valence-electron chi connectivity index (χ0n) is 10.9. The maximum Gasteiger partial charge on any atom is 0.0393 e. The lowest BCUT2D eigenvalue weighted by Crippen LogP contribution is -2.11. The van der Waals surface area contributed by atoms with Crippen LogP contribution in [0.2, 0.25) is 0 Å². The number of aliphatic imine (C=N–C) groups is 1. The first kappa shape index (κ1) is 14.7. The molecule has 0 atom stereocenters. The van der Waals surface area contributed by atoms with Crippen LogP contribution in [0.4, 0.5) is 0 Å². The van der Waals surface area contributed by atoms with Gasteiger partial charge >= 0.3 is 0 Å². The Labute approximate surface area is 100 Å². The maximum absolute atomic E-state index is 4.14. The van der Waals surface area contributed by atoms with Crippen LogP contribution < -0.4 is 0 Å². The van der Waals surface area contributed by atoms with Crippen molar-refractivity contribution in [3.8, 4) is 0 Å². The van der Waals surface area contributed by atoms with Crippen molar-refractivity contribution in [2.75, 3.05) is 14.1 Å². The van der Waals surface area contributed by atoms with Crippen LogP contribution in [-0.2, 0) is 0 Å². The summed E-state index contributed by atoms with van der Waals surface area (Å²) in [5.74, 6) is 0. The number of likely N-dealkylation sites (N-methyl/N-ethyl adjacent to an activating group) is 1. The first-order valence-corrected chi connectivity index (χ1v) is 5.81. The molecular weight excluding hydrogens is 196 g/mol. The van der Waals surface area contributed by atoms with Gasteiger partial charge in [-0.15, -0.1) is 0 Å². The first-order chi connectivity index (χ1) is 7.67. The summed E-state index contributed by atoms with van der Waals surface area (Å²) < 4.78 is 0. The SMILES string of the molecule is C=CN(C)/C(=C/CC=NC)C(=C)CCCC. The fourth-order valence-corrected chi connectivity index (χ4v) is 1.42. The molecule has 0 aromatic heterocycles. The van der Waals surface area contributed by atoms with Gasteiger partial charge in [0, 0.05) is 32.4 Å². The molecule has 16 heavy (non-hydrogen) atoms. The van der Waals surface area contributed by atoms with Crippen molar-refractivity contribution in [2.45, 2.75) is 32.6 Å². The lowest BCUT2D eigenvalue weighted by atomic mass is 10.1. The van der Waals surface area contributed by atoms with Crippen molar-refractivity contribution in [1.29, 1.82) is 0 Å². The molecule has 0 N–H and O–H groups in total. The summed E-state index contributed by atoms with van der Waals surface area (Å²) in [4.78, 5) is 5.99. The Morgan fingerprint density at radius 2 is 2.12 bits per heavy atom. The van der Waals surface area contributed by atoms with Gasteiger partial charge in [-0.2, -0.15) is 0 Å². The summed E-state index contributed by atoms with van der Waals surface area (Å²) in [6.07, 6.45) is 10.1. The highest BCUT2D eigenvalue weighted by atomic mass is 15.1. The van der Waals surface area contributed by atoms with E-state index in [1.165, 1.54) is 18.4 Å². The normalized spacial score (nSPS) is 11.8. The standard InChI is InChI=1S/C14H24N2/c1-6-8-10-13(3)14(16(5)7-2)11-9-12-15-4/h7,11-12H,2-3,6,8-10H2,1,4-5H3/b14-11+,15-12?. The average molecular weight is 220 g/mol. The van der Waals surface area contributed by atoms with Gasteiger partial charge in [0.2, 0.25) is 0 Å². The Bertz CT molecular complexity index is 274. The Balaban J connectivity index is 4.58. The van der Waals surface area contributed by atoms with Gasteiger partial charge in [-0.1, -0.05) is 32.6 Å². The van der Waals surface area contributed by atoms with E-state index in [0.29, 0.717) is 0 Å². The van der Waals surface area contributed by atoms with E-state index in [2.05, 4.69) is 31.2 Å². The molecule has 0 bridgehead atoms. The van der Waals surface area contributed by atoms with Gasteiger partial charge in [-0.05, 0) is 24.6 Å². The summed E-state index contributed by atoms with van der Waals surface area (Å²) in [6.45, 7) is 10.1. The predicted molar refractivity (Wildman–Crippen MR) is 73.7 cm³/mol. The van der Waals surface area contributed by atoms with Gasteiger partial charge in [0.05, 0.1) is 0 Å². The van der Waals surface area contributed by atoms with Crippen LogP contribution in [0, 0.1) is 0 Å². The fraction of sp³-hybridized carbons (Fsp3) is 0.500. The zero-order chi connectivity index (χ0) is 12.4. The predicted octanol–water partition coefficient (Wildman–Crippen LogP) is 3.78. The van der Waals surface area contributed by atoms with E-state index in [1.54, 1.807) is 7.05 Å². The van der Waals surface area contributed by atoms with Gasteiger partial charge in [-0.3, -0.25) is 0 Å². The van der Waals surface area contributed by atoms with Crippen molar-refractivity contribution < 1.29 is 0 Å². The minimum atomic E-state index is 0.842. The highest BCUT2D eigenvalue weighted by molar-refractivity contribution is 5.59. The molecule has 0 aromatic carbocycles. The van der Waals surface area contributed by atoms with Gasteiger partial charge < -0.3 is 9.89 Å². The molecule has 0 aliphatic heterocycles. The zero-order valence-corrected chi connectivity index (χ0v) is 10.9. The van der Waals surface area contributed by atoms with Gasteiger partial charge in [0.15, 0.2) is 0 Å². The van der Waals surface area contributed by atoms with Crippen LogP contribution in [0.3, 0.4) is 0 Å². The van der Waals surface area contributed by atoms with Crippen LogP contribution in [0.5, 0.6) is 0 Å². The molecule has 0 rings (SSSR count). The van der Waals surface area contributed by atoms with Crippen LogP contribution in [0.25, 0.3) is 0 Å². The largest absolute Gasteiger partial charge is 0.352 e. The van der Waals surface area contributed by atoms with Crippen molar-refractivity contribution in [3.05, 3.63) is 36.7 Å². The van der Waals surface area contributed by atoms with Crippen molar-refractivity contribution >= 4 is 6.21 Å². The number of rotatable bonds is 8. The van der Waals surface area contributed by atoms with Gasteiger partial charge in [0.25, 0.3) is 0 Å². The number of nitrogens with zero attached hydrogens (tertiary/aromatic N) is 2. The molecule has 0 amide bonds. The summed E-state index contributed by atoms with van der Waals surface area (Å²) in [6, 6.07) is 0. The number of unbranched alkanes of at least 4 members (excludes halogenated alkanes) is 1. The molecular formula is C14H24N2. The van der Waals surface area contributed by atoms with Gasteiger partial charge in [-0.25, -0.2) is 0 Å². The lowest BCUT2D eigenvalue weighted by molar-refractivity contribution is 0.568. The molecule has 2 heteroatoms. The third kappa shape index (κ3) is 5.54. The maximum atomic E-state index is 4.14. The molecule has 0 unspecified atom stereocenters. The fourth-order valence-electron chi connectivity index (χ4n) is 1.42. The smallest absolute Gasteiger partial charge is 0.0393 e. The van der Waals surface area contributed by atoms with E-state index in [4.69, 9.17) is 0 Å². The minimum Gasteiger partial charge on any atom is -0.352 e. The molecule has 0 spiro atoms. The summed E-state index contributed by atoms with van der Waals surface area (Å²) in [5.41, 5.74) is 2.33. The van der Waals surface area contributed by atoms with E-state index in [9.17, 15) is 0 Å². The minimum absolute atomic E-state index is 0.842. The number of allylic oxidation sites excluding steroid dienone is 2. The van der Waals surface area contributed by atoms with Crippen molar-refractivity contribution in [1.82, 2.24) is 4.90 Å². The van der Waals surface area contributed by atoms with E-state index < -0.39 is 0 Å². The number of hydrogen-bond acceptors (Lipinski definition) is 2. The molecule has 2 nitrogen and oxygen atoms in total. The third-order valence-corrected chi connectivity index (χ3v) is 2.45. The highest BCUT2D eigenvalue weighted by Gasteiger charge is 2.05. The van der Waals surface area contributed by atoms with Crippen LogP contribution in [-0.4, -0.2) is 25.2 Å². The van der Waals surface area contributed by atoms with E-state index in [1.807, 2.05) is 24.4 Å². The van der Waals surface area contributed by atoms with Crippen molar-refractivity contribution in [2.24, 2.45) is 4.99 Å². The number of hydrogen-bond donors (Lipinski definition) is 0. The lowest BCUT2D eigenvalue weighted by Gasteiger charge is -2.20. The Morgan fingerprint density at radius 3 is 2.62 bits per heavy atom. The van der Waals surface area contributed by atoms with E-state index in [-0.39, 0.29) is 0 Å². The van der Waals surface area contributed by atoms with Crippen LogP contribution in [0.15, 0.2) is 41.7 Å². The summed E-state index contributed by atoms with van der Waals surface area (Å²) in [5, 5.41) is 0. The molecule has 0 fully saturated rings. The second-order valence-electron chi connectivity index (χ2n) is 3.77. The molecule has 0 aromatic rings. The van der Waals surface area contributed by atoms with E-state index >= 15 is 0 Å². The molecule has 0 aliphatic rings. The van der Waals surface area contributed by atoms with Crippen LogP contribution >= 0.6 is 0 Å². The van der Waals surface area contributed by atoms with Gasteiger partial charge in [0.1, 0.15) is 0 Å². The average Bonchev–Trinajstić information content (AvgIpc) is 2.30. The summed E-state index contributed by atoms with van der Waals surface area (Å²) in [7, 11) is 3.79. The Morgan fingerprint density at radius 1 is 1.44 bits per heavy atom. The van der Waals surface area contributed by atoms with Crippen LogP contribution in [0.1, 0.15) is 32.6 Å². The van der Waals surface area contributed by atoms with E-state index in [0.717, 1.165) is 18.5 Å². The molecule has 0 saturated heterocycles. The molecule has 0 heterocycles. The summed E-state index contributed by atoms with van der Waals surface area (Å²) >= 11 is 0. The quantitative estimate of drug-likeness (QED) is 0.449. The monoisotopic (exact) mass is 220 g/mol. The molecule has 0 saturated carbocycles. The first-order valence-electron chi connectivity index (χ1n) is 5.81. The molecule has 90 valence electrons. The molecule has 0 radical (unpaired) electrons. The van der Waals surface area contributed by atoms with Crippen molar-refractivity contribution in [3.63, 3.8) is 0 Å². The Hall–Kier alpha value is -1.31. The molecule has 0 aliphatic carbocycles. The highest BCUT2D eigenvalue weighted by Crippen LogP contribution is 2.18.